The van der Waals surface area contributed by atoms with Crippen LogP contribution in [0.5, 0.6) is 0 Å². The van der Waals surface area contributed by atoms with Gasteiger partial charge in [-0.1, -0.05) is 123 Å². The van der Waals surface area contributed by atoms with Crippen molar-refractivity contribution in [2.75, 3.05) is 0 Å². The molecule has 0 spiro atoms. The molecule has 1 unspecified atom stereocenters. The van der Waals surface area contributed by atoms with E-state index in [1.807, 2.05) is 39.0 Å². The second-order valence-corrected chi connectivity index (χ2v) is 6.57. The summed E-state index contributed by atoms with van der Waals surface area (Å²) in [7, 11) is 0. The van der Waals surface area contributed by atoms with Crippen molar-refractivity contribution in [3.05, 3.63) is 145 Å². The predicted octanol–water partition coefficient (Wildman–Crippen LogP) is 8.45. The summed E-state index contributed by atoms with van der Waals surface area (Å²) in [5.41, 5.74) is 4.85. The van der Waals surface area contributed by atoms with Crippen molar-refractivity contribution in [1.29, 1.82) is 0 Å². The minimum absolute atomic E-state index is 0.0863. The molecule has 0 N–H and O–H groups in total. The highest BCUT2D eigenvalue weighted by atomic mass is 14.3. The molecule has 0 heteroatoms. The molecule has 0 saturated carbocycles. The van der Waals surface area contributed by atoms with E-state index in [4.69, 9.17) is 0 Å². The van der Waals surface area contributed by atoms with Crippen molar-refractivity contribution < 1.29 is 0 Å². The Morgan fingerprint density at radius 2 is 1.07 bits per heavy atom. The van der Waals surface area contributed by atoms with Crippen LogP contribution in [0.3, 0.4) is 0 Å². The zero-order valence-electron chi connectivity index (χ0n) is 18.1. The lowest BCUT2D eigenvalue weighted by atomic mass is 9.72. The zero-order chi connectivity index (χ0) is 21.5. The third-order valence-corrected chi connectivity index (χ3v) is 4.58. The van der Waals surface area contributed by atoms with Crippen LogP contribution in [0.1, 0.15) is 32.3 Å². The highest BCUT2D eigenvalue weighted by molar-refractivity contribution is 5.48. The van der Waals surface area contributed by atoms with Crippen molar-refractivity contribution in [2.24, 2.45) is 5.92 Å². The summed E-state index contributed by atoms with van der Waals surface area (Å²) in [6.07, 6.45) is 24.6. The first-order valence-corrected chi connectivity index (χ1v) is 10.1. The first kappa shape index (κ1) is 23.9. The van der Waals surface area contributed by atoms with Crippen molar-refractivity contribution in [3.63, 3.8) is 0 Å². The zero-order valence-corrected chi connectivity index (χ0v) is 18.1. The van der Waals surface area contributed by atoms with Gasteiger partial charge in [0.05, 0.1) is 0 Å². The van der Waals surface area contributed by atoms with Gasteiger partial charge in [0, 0.05) is 11.8 Å². The van der Waals surface area contributed by atoms with Gasteiger partial charge in [-0.15, -0.1) is 0 Å². The van der Waals surface area contributed by atoms with Gasteiger partial charge in [-0.2, -0.15) is 0 Å². The summed E-state index contributed by atoms with van der Waals surface area (Å²) in [5, 5.41) is 0. The van der Waals surface area contributed by atoms with Crippen LogP contribution in [0.2, 0.25) is 0 Å². The van der Waals surface area contributed by atoms with E-state index < -0.39 is 0 Å². The molecule has 150 valence electrons. The van der Waals surface area contributed by atoms with E-state index in [-0.39, 0.29) is 11.8 Å². The number of hydrogen-bond donors (Lipinski definition) is 0. The molecular weight excluding hydrogens is 348 g/mol. The fourth-order valence-electron chi connectivity index (χ4n) is 3.59. The average molecular weight is 383 g/mol. The molecule has 0 saturated heterocycles. The lowest BCUT2D eigenvalue weighted by Gasteiger charge is -2.31. The van der Waals surface area contributed by atoms with E-state index in [0.717, 1.165) is 0 Å². The summed E-state index contributed by atoms with van der Waals surface area (Å²) in [4.78, 5) is 0. The minimum Gasteiger partial charge on any atom is -0.0991 e. The van der Waals surface area contributed by atoms with E-state index in [9.17, 15) is 0 Å². The molecule has 0 bridgehead atoms. The van der Waals surface area contributed by atoms with Crippen LogP contribution >= 0.6 is 0 Å². The average Bonchev–Trinajstić information content (AvgIpc) is 2.72. The topological polar surface area (TPSA) is 0 Å². The number of allylic oxidation sites excluding steroid dienone is 15. The van der Waals surface area contributed by atoms with Gasteiger partial charge in [-0.3, -0.25) is 0 Å². The predicted molar refractivity (Wildman–Crippen MR) is 132 cm³/mol. The molecule has 0 aliphatic heterocycles. The molecule has 0 fully saturated rings. The lowest BCUT2D eigenvalue weighted by Crippen LogP contribution is -2.19. The Balaban J connectivity index is 3.96. The van der Waals surface area contributed by atoms with E-state index in [1.54, 1.807) is 0 Å². The van der Waals surface area contributed by atoms with Gasteiger partial charge < -0.3 is 0 Å². The molecule has 0 aliphatic carbocycles. The van der Waals surface area contributed by atoms with Crippen LogP contribution in [-0.4, -0.2) is 0 Å². The van der Waals surface area contributed by atoms with Crippen LogP contribution < -0.4 is 0 Å². The van der Waals surface area contributed by atoms with Gasteiger partial charge >= 0.3 is 0 Å². The maximum Gasteiger partial charge on any atom is 0.0199 e. The van der Waals surface area contributed by atoms with Crippen molar-refractivity contribution in [2.45, 2.75) is 26.7 Å². The third-order valence-electron chi connectivity index (χ3n) is 4.58. The summed E-state index contributed by atoms with van der Waals surface area (Å²) < 4.78 is 0. The molecule has 29 heavy (non-hydrogen) atoms. The van der Waals surface area contributed by atoms with Crippen LogP contribution in [0.15, 0.2) is 140 Å². The van der Waals surface area contributed by atoms with E-state index >= 15 is 0 Å². The molecule has 0 heterocycles. The lowest BCUT2D eigenvalue weighted by molar-refractivity contribution is 0.638. The molecule has 0 aromatic heterocycles. The summed E-state index contributed by atoms with van der Waals surface area (Å²) in [6, 6.07) is 10.6. The Bertz CT molecular complexity index is 801. The monoisotopic (exact) mass is 382 g/mol. The Hall–Kier alpha value is -3.12. The Morgan fingerprint density at radius 3 is 1.48 bits per heavy atom. The number of benzene rings is 1. The highest BCUT2D eigenvalue weighted by Crippen LogP contribution is 2.42. The summed E-state index contributed by atoms with van der Waals surface area (Å²) >= 11 is 0. The van der Waals surface area contributed by atoms with Crippen LogP contribution in [0.25, 0.3) is 0 Å². The molecule has 1 rings (SSSR count). The minimum atomic E-state index is 0.0863. The second kappa shape index (κ2) is 14.0. The van der Waals surface area contributed by atoms with E-state index in [1.165, 1.54) is 22.3 Å². The van der Waals surface area contributed by atoms with Gasteiger partial charge in [0.1, 0.15) is 0 Å². The van der Waals surface area contributed by atoms with Gasteiger partial charge in [-0.05, 0) is 43.1 Å². The van der Waals surface area contributed by atoms with Crippen LogP contribution in [-0.2, 0) is 0 Å². The van der Waals surface area contributed by atoms with E-state index in [0.29, 0.717) is 0 Å². The second-order valence-electron chi connectivity index (χ2n) is 6.57. The standard InChI is InChI=1S/C29H34/c1-7-16-24(17-8-2)28(25(18-9-3)19-10-4)29(26(20-11-5)21-12-6)27-22-14-13-15-23-27/h7-23,28-29H,1,3,5H2,2,4,6H3/b17-8-,19-10-,21-12-,24-16+,25-18+,26-20+. The molecule has 0 nitrogen and oxygen atoms in total. The fraction of sp³-hybridized carbons (Fsp3) is 0.172. The Kier molecular flexibility index (Phi) is 11.5. The summed E-state index contributed by atoms with van der Waals surface area (Å²) in [5.74, 6) is 0.193. The van der Waals surface area contributed by atoms with Gasteiger partial charge in [0.25, 0.3) is 0 Å². The van der Waals surface area contributed by atoms with Crippen molar-refractivity contribution in [3.8, 4) is 0 Å². The van der Waals surface area contributed by atoms with Crippen LogP contribution in [0.4, 0.5) is 0 Å². The van der Waals surface area contributed by atoms with Crippen molar-refractivity contribution >= 4 is 0 Å². The first-order valence-electron chi connectivity index (χ1n) is 10.1. The third kappa shape index (κ3) is 7.08. The fourth-order valence-corrected chi connectivity index (χ4v) is 3.59. The summed E-state index contributed by atoms with van der Waals surface area (Å²) in [6.45, 7) is 18.0. The maximum atomic E-state index is 3.95. The Labute approximate surface area is 178 Å². The van der Waals surface area contributed by atoms with Gasteiger partial charge in [0.2, 0.25) is 0 Å². The largest absolute Gasteiger partial charge is 0.0991 e. The molecule has 1 atom stereocenters. The normalized spacial score (nSPS) is 15.8. The molecule has 1 aromatic carbocycles. The Morgan fingerprint density at radius 1 is 0.655 bits per heavy atom. The molecular formula is C29H34. The first-order chi connectivity index (χ1) is 14.2. The SMILES string of the molecule is C=C/C=C(\C=C/C)C(C(/C=C\C)=C/C=C)C(C(/C=C\C)=C/C=C)c1ccccc1. The molecule has 1 aromatic rings. The number of hydrogen-bond acceptors (Lipinski definition) is 0. The molecule has 0 radical (unpaired) electrons. The quantitative estimate of drug-likeness (QED) is 0.337. The number of rotatable bonds is 11. The van der Waals surface area contributed by atoms with Gasteiger partial charge in [-0.25, -0.2) is 0 Å². The van der Waals surface area contributed by atoms with Gasteiger partial charge in [0.15, 0.2) is 0 Å². The smallest absolute Gasteiger partial charge is 0.0199 e. The molecule has 0 amide bonds. The molecule has 0 aliphatic rings. The maximum absolute atomic E-state index is 3.95. The van der Waals surface area contributed by atoms with Crippen molar-refractivity contribution in [1.82, 2.24) is 0 Å². The highest BCUT2D eigenvalue weighted by Gasteiger charge is 2.29. The van der Waals surface area contributed by atoms with Crippen LogP contribution in [0, 0.1) is 5.92 Å². The van der Waals surface area contributed by atoms with E-state index in [2.05, 4.69) is 105 Å².